The number of nitrogens with two attached hydrogens (primary N) is 1. The first kappa shape index (κ1) is 13.5. The van der Waals surface area contributed by atoms with Crippen LogP contribution in [0, 0.1) is 0 Å². The van der Waals surface area contributed by atoms with E-state index in [4.69, 9.17) is 14.9 Å². The average Bonchev–Trinajstić information content (AvgIpc) is 3.23. The number of rotatable bonds is 4. The Balaban J connectivity index is 1.64. The largest absolute Gasteiger partial charge is 0.450 e. The Kier molecular flexibility index (Phi) is 3.29. The second-order valence-corrected chi connectivity index (χ2v) is 5.22. The van der Waals surface area contributed by atoms with E-state index in [2.05, 4.69) is 0 Å². The molecule has 0 saturated heterocycles. The molecule has 1 fully saturated rings. The lowest BCUT2D eigenvalue weighted by Gasteiger charge is -2.15. The van der Waals surface area contributed by atoms with Crippen molar-refractivity contribution in [1.29, 1.82) is 0 Å². The molecule has 1 aliphatic carbocycles. The smallest absolute Gasteiger partial charge is 0.374 e. The second kappa shape index (κ2) is 5.12. The fourth-order valence-electron chi connectivity index (χ4n) is 2.13. The van der Waals surface area contributed by atoms with Gasteiger partial charge in [0.05, 0.1) is 0 Å². The lowest BCUT2D eigenvalue weighted by Crippen LogP contribution is -2.32. The summed E-state index contributed by atoms with van der Waals surface area (Å²) < 4.78 is 10.4. The molecule has 110 valence electrons. The fourth-order valence-corrected chi connectivity index (χ4v) is 2.13. The van der Waals surface area contributed by atoms with E-state index in [1.807, 2.05) is 0 Å². The molecule has 2 aromatic rings. The molecular weight excluding hydrogens is 272 g/mol. The number of benzene rings is 1. The Hall–Kier alpha value is -2.50. The number of carbonyl (C=O) groups is 2. The highest BCUT2D eigenvalue weighted by molar-refractivity contribution is 5.94. The molecule has 1 aliphatic rings. The van der Waals surface area contributed by atoms with Gasteiger partial charge in [0.1, 0.15) is 5.58 Å². The van der Waals surface area contributed by atoms with E-state index in [9.17, 15) is 9.59 Å². The predicted molar refractivity (Wildman–Crippen MR) is 76.7 cm³/mol. The van der Waals surface area contributed by atoms with Gasteiger partial charge in [0.25, 0.3) is 5.91 Å². The molecule has 0 atom stereocenters. The molecule has 1 aromatic carbocycles. The van der Waals surface area contributed by atoms with Gasteiger partial charge >= 0.3 is 5.97 Å². The molecule has 6 nitrogen and oxygen atoms in total. The van der Waals surface area contributed by atoms with Crippen LogP contribution in [-0.4, -0.2) is 36.5 Å². The molecule has 0 bridgehead atoms. The van der Waals surface area contributed by atoms with Gasteiger partial charge in [-0.3, -0.25) is 4.79 Å². The summed E-state index contributed by atoms with van der Waals surface area (Å²) in [4.78, 5) is 25.3. The molecule has 1 aromatic heterocycles. The summed E-state index contributed by atoms with van der Waals surface area (Å²) in [7, 11) is 1.72. The number of amides is 1. The summed E-state index contributed by atoms with van der Waals surface area (Å²) >= 11 is 0. The minimum Gasteiger partial charge on any atom is -0.450 e. The zero-order valence-corrected chi connectivity index (χ0v) is 11.7. The van der Waals surface area contributed by atoms with Crippen LogP contribution < -0.4 is 5.73 Å². The molecule has 2 N–H and O–H groups in total. The number of nitrogen functional groups attached to an aromatic ring is 1. The van der Waals surface area contributed by atoms with Gasteiger partial charge in [-0.1, -0.05) is 0 Å². The summed E-state index contributed by atoms with van der Waals surface area (Å²) in [5, 5.41) is 0.725. The molecule has 0 unspecified atom stereocenters. The molecule has 1 saturated carbocycles. The van der Waals surface area contributed by atoms with Crippen LogP contribution in [0.3, 0.4) is 0 Å². The number of hydrogen-bond donors (Lipinski definition) is 1. The molecule has 3 rings (SSSR count). The lowest BCUT2D eigenvalue weighted by atomic mass is 10.2. The van der Waals surface area contributed by atoms with Gasteiger partial charge in [-0.05, 0) is 37.1 Å². The second-order valence-electron chi connectivity index (χ2n) is 5.22. The fraction of sp³-hybridized carbons (Fsp3) is 0.333. The van der Waals surface area contributed by atoms with E-state index in [0.717, 1.165) is 18.2 Å². The van der Waals surface area contributed by atoms with Crippen molar-refractivity contribution in [3.8, 4) is 0 Å². The van der Waals surface area contributed by atoms with Gasteiger partial charge in [0.2, 0.25) is 5.76 Å². The highest BCUT2D eigenvalue weighted by atomic mass is 16.5. The van der Waals surface area contributed by atoms with Gasteiger partial charge in [-0.2, -0.15) is 0 Å². The van der Waals surface area contributed by atoms with Gasteiger partial charge in [-0.15, -0.1) is 0 Å². The van der Waals surface area contributed by atoms with Crippen molar-refractivity contribution in [3.05, 3.63) is 30.0 Å². The first-order chi connectivity index (χ1) is 10.0. The third kappa shape index (κ3) is 2.84. The standard InChI is InChI=1S/C15H16N2O4/c1-17(11-3-4-11)14(18)8-20-15(19)13-7-9-6-10(16)2-5-12(9)21-13/h2,5-7,11H,3-4,8,16H2,1H3. The Morgan fingerprint density at radius 1 is 1.38 bits per heavy atom. The summed E-state index contributed by atoms with van der Waals surface area (Å²) in [6.07, 6.45) is 2.03. The minimum absolute atomic E-state index is 0.0671. The van der Waals surface area contributed by atoms with Crippen LogP contribution in [0.4, 0.5) is 5.69 Å². The third-order valence-corrected chi connectivity index (χ3v) is 3.56. The number of fused-ring (bicyclic) bond motifs is 1. The van der Waals surface area contributed by atoms with Crippen LogP contribution in [0.25, 0.3) is 11.0 Å². The highest BCUT2D eigenvalue weighted by Crippen LogP contribution is 2.25. The van der Waals surface area contributed by atoms with Crippen LogP contribution >= 0.6 is 0 Å². The highest BCUT2D eigenvalue weighted by Gasteiger charge is 2.30. The first-order valence-corrected chi connectivity index (χ1v) is 6.76. The van der Waals surface area contributed by atoms with Crippen molar-refractivity contribution in [2.75, 3.05) is 19.4 Å². The number of furan rings is 1. The Morgan fingerprint density at radius 2 is 2.14 bits per heavy atom. The maximum Gasteiger partial charge on any atom is 0.374 e. The van der Waals surface area contributed by atoms with Crippen LogP contribution in [0.5, 0.6) is 0 Å². The van der Waals surface area contributed by atoms with Crippen LogP contribution in [0.15, 0.2) is 28.7 Å². The minimum atomic E-state index is -0.651. The SMILES string of the molecule is CN(C(=O)COC(=O)c1cc2cc(N)ccc2o1)C1CC1. The average molecular weight is 288 g/mol. The molecule has 1 amide bonds. The summed E-state index contributed by atoms with van der Waals surface area (Å²) in [6.45, 7) is -0.273. The summed E-state index contributed by atoms with van der Waals surface area (Å²) in [6, 6.07) is 6.94. The Morgan fingerprint density at radius 3 is 2.86 bits per heavy atom. The van der Waals surface area contributed by atoms with E-state index < -0.39 is 5.97 Å². The number of likely N-dealkylation sites (N-methyl/N-ethyl adjacent to an activating group) is 1. The zero-order valence-electron chi connectivity index (χ0n) is 11.7. The van der Waals surface area contributed by atoms with Gasteiger partial charge < -0.3 is 19.8 Å². The molecular formula is C15H16N2O4. The molecule has 6 heteroatoms. The quantitative estimate of drug-likeness (QED) is 0.684. The number of ether oxygens (including phenoxy) is 1. The number of nitrogens with zero attached hydrogens (tertiary/aromatic N) is 1. The maximum atomic E-state index is 11.9. The van der Waals surface area contributed by atoms with E-state index in [1.165, 1.54) is 0 Å². The Labute approximate surface area is 121 Å². The van der Waals surface area contributed by atoms with Crippen LogP contribution in [-0.2, 0) is 9.53 Å². The number of hydrogen-bond acceptors (Lipinski definition) is 5. The third-order valence-electron chi connectivity index (χ3n) is 3.56. The van der Waals surface area contributed by atoms with Crippen molar-refractivity contribution in [1.82, 2.24) is 4.90 Å². The van der Waals surface area contributed by atoms with Gasteiger partial charge in [0.15, 0.2) is 6.61 Å². The lowest BCUT2D eigenvalue weighted by molar-refractivity contribution is -0.133. The molecule has 21 heavy (non-hydrogen) atoms. The molecule has 1 heterocycles. The predicted octanol–water partition coefficient (Wildman–Crippen LogP) is 1.79. The van der Waals surface area contributed by atoms with E-state index in [-0.39, 0.29) is 18.3 Å². The van der Waals surface area contributed by atoms with E-state index in [1.54, 1.807) is 36.2 Å². The van der Waals surface area contributed by atoms with Crippen molar-refractivity contribution >= 4 is 28.5 Å². The maximum absolute atomic E-state index is 11.9. The Bertz CT molecular complexity index is 703. The van der Waals surface area contributed by atoms with Crippen molar-refractivity contribution in [2.45, 2.75) is 18.9 Å². The molecule has 0 radical (unpaired) electrons. The van der Waals surface area contributed by atoms with Gasteiger partial charge in [0, 0.05) is 24.2 Å². The van der Waals surface area contributed by atoms with Crippen LogP contribution in [0.1, 0.15) is 23.4 Å². The number of esters is 1. The van der Waals surface area contributed by atoms with Crippen molar-refractivity contribution < 1.29 is 18.7 Å². The van der Waals surface area contributed by atoms with Gasteiger partial charge in [-0.25, -0.2) is 4.79 Å². The van der Waals surface area contributed by atoms with Crippen molar-refractivity contribution in [3.63, 3.8) is 0 Å². The van der Waals surface area contributed by atoms with Crippen LogP contribution in [0.2, 0.25) is 0 Å². The normalized spacial score (nSPS) is 14.1. The molecule has 0 spiro atoms. The molecule has 0 aliphatic heterocycles. The van der Waals surface area contributed by atoms with E-state index in [0.29, 0.717) is 17.3 Å². The van der Waals surface area contributed by atoms with Crippen molar-refractivity contribution in [2.24, 2.45) is 0 Å². The number of anilines is 1. The summed E-state index contributed by atoms with van der Waals surface area (Å²) in [5.41, 5.74) is 6.81. The topological polar surface area (TPSA) is 85.8 Å². The monoisotopic (exact) mass is 288 g/mol. The first-order valence-electron chi connectivity index (χ1n) is 6.76. The number of carbonyl (C=O) groups excluding carboxylic acids is 2. The summed E-state index contributed by atoms with van der Waals surface area (Å²) in [5.74, 6) is -0.786. The zero-order chi connectivity index (χ0) is 15.0. The van der Waals surface area contributed by atoms with E-state index >= 15 is 0 Å².